The van der Waals surface area contributed by atoms with E-state index in [1.165, 1.54) is 0 Å². The lowest BCUT2D eigenvalue weighted by molar-refractivity contribution is 0.429. The van der Waals surface area contributed by atoms with Gasteiger partial charge in [0.05, 0.1) is 5.69 Å². The van der Waals surface area contributed by atoms with Gasteiger partial charge < -0.3 is 10.4 Å². The van der Waals surface area contributed by atoms with Crippen LogP contribution in [0.15, 0.2) is 24.3 Å². The molecule has 2 N–H and O–H groups in total. The molecule has 0 aliphatic heterocycles. The quantitative estimate of drug-likeness (QED) is 0.513. The second-order valence-corrected chi connectivity index (χ2v) is 3.97. The molecule has 0 atom stereocenters. The SMILES string of the molecule is Oc1c(F)cc(F)cc1NCc1ccc(F)c(F)c1F. The molecule has 0 saturated carbocycles. The highest BCUT2D eigenvalue weighted by Gasteiger charge is 2.14. The molecule has 2 rings (SSSR count). The zero-order chi connectivity index (χ0) is 14.9. The van der Waals surface area contributed by atoms with E-state index in [-0.39, 0.29) is 17.8 Å². The van der Waals surface area contributed by atoms with Gasteiger partial charge in [0.2, 0.25) is 0 Å². The number of hydrogen-bond acceptors (Lipinski definition) is 2. The Bertz CT molecular complexity index is 660. The van der Waals surface area contributed by atoms with Gasteiger partial charge in [-0.2, -0.15) is 0 Å². The molecule has 106 valence electrons. The normalized spacial score (nSPS) is 10.7. The number of anilines is 1. The van der Waals surface area contributed by atoms with Gasteiger partial charge in [-0.25, -0.2) is 22.0 Å². The van der Waals surface area contributed by atoms with Gasteiger partial charge in [-0.1, -0.05) is 6.07 Å². The van der Waals surface area contributed by atoms with Gasteiger partial charge in [0, 0.05) is 24.2 Å². The van der Waals surface area contributed by atoms with E-state index in [1.54, 1.807) is 0 Å². The fraction of sp³-hybridized carbons (Fsp3) is 0.0769. The summed E-state index contributed by atoms with van der Waals surface area (Å²) in [5.41, 5.74) is -0.584. The van der Waals surface area contributed by atoms with Crippen molar-refractivity contribution in [3.05, 3.63) is 58.9 Å². The molecule has 0 bridgehead atoms. The summed E-state index contributed by atoms with van der Waals surface area (Å²) in [6.45, 7) is -0.389. The van der Waals surface area contributed by atoms with Crippen LogP contribution in [-0.4, -0.2) is 5.11 Å². The van der Waals surface area contributed by atoms with E-state index in [9.17, 15) is 27.1 Å². The predicted octanol–water partition coefficient (Wildman–Crippen LogP) is 3.70. The van der Waals surface area contributed by atoms with Crippen molar-refractivity contribution in [2.24, 2.45) is 0 Å². The van der Waals surface area contributed by atoms with E-state index >= 15 is 0 Å². The summed E-state index contributed by atoms with van der Waals surface area (Å²) in [5, 5.41) is 11.7. The minimum absolute atomic E-state index is 0.257. The van der Waals surface area contributed by atoms with Crippen molar-refractivity contribution >= 4 is 5.69 Å². The molecule has 2 aromatic carbocycles. The molecule has 0 aliphatic carbocycles. The first-order chi connectivity index (χ1) is 9.40. The van der Waals surface area contributed by atoms with Crippen LogP contribution in [0.5, 0.6) is 5.75 Å². The molecule has 20 heavy (non-hydrogen) atoms. The lowest BCUT2D eigenvalue weighted by Gasteiger charge is -2.10. The van der Waals surface area contributed by atoms with Crippen molar-refractivity contribution in [1.82, 2.24) is 0 Å². The molecular weight excluding hydrogens is 281 g/mol. The standard InChI is InChI=1S/C13H8F5NO/c14-7-3-9(16)13(20)10(4-7)19-5-6-1-2-8(15)12(18)11(6)17/h1-4,19-20H,5H2. The van der Waals surface area contributed by atoms with Crippen LogP contribution in [0.2, 0.25) is 0 Å². The Hall–Kier alpha value is -2.31. The Morgan fingerprint density at radius 2 is 1.60 bits per heavy atom. The maximum atomic E-state index is 13.4. The van der Waals surface area contributed by atoms with Crippen molar-refractivity contribution in [2.45, 2.75) is 6.54 Å². The number of benzene rings is 2. The monoisotopic (exact) mass is 289 g/mol. The number of rotatable bonds is 3. The highest BCUT2D eigenvalue weighted by Crippen LogP contribution is 2.28. The Labute approximate surface area is 110 Å². The highest BCUT2D eigenvalue weighted by atomic mass is 19.2. The maximum Gasteiger partial charge on any atom is 0.194 e. The largest absolute Gasteiger partial charge is 0.503 e. The van der Waals surface area contributed by atoms with Crippen LogP contribution >= 0.6 is 0 Å². The average Bonchev–Trinajstić information content (AvgIpc) is 2.40. The summed E-state index contributed by atoms with van der Waals surface area (Å²) in [7, 11) is 0. The van der Waals surface area contributed by atoms with Crippen molar-refractivity contribution in [3.63, 3.8) is 0 Å². The zero-order valence-electron chi connectivity index (χ0n) is 9.85. The minimum Gasteiger partial charge on any atom is -0.503 e. The summed E-state index contributed by atoms with van der Waals surface area (Å²) in [5.74, 6) is -7.39. The van der Waals surface area contributed by atoms with Crippen molar-refractivity contribution in [2.75, 3.05) is 5.32 Å². The summed E-state index contributed by atoms with van der Waals surface area (Å²) in [6.07, 6.45) is 0. The van der Waals surface area contributed by atoms with Gasteiger partial charge in [-0.05, 0) is 6.07 Å². The molecule has 0 aliphatic rings. The van der Waals surface area contributed by atoms with E-state index < -0.39 is 34.8 Å². The Morgan fingerprint density at radius 1 is 0.900 bits per heavy atom. The summed E-state index contributed by atoms with van der Waals surface area (Å²) < 4.78 is 65.1. The molecule has 0 unspecified atom stereocenters. The Balaban J connectivity index is 2.24. The molecule has 2 nitrogen and oxygen atoms in total. The molecule has 0 radical (unpaired) electrons. The van der Waals surface area contributed by atoms with Crippen LogP contribution in [0, 0.1) is 29.1 Å². The molecular formula is C13H8F5NO. The lowest BCUT2D eigenvalue weighted by atomic mass is 10.2. The third-order valence-electron chi connectivity index (χ3n) is 2.61. The third-order valence-corrected chi connectivity index (χ3v) is 2.61. The number of phenols is 1. The summed E-state index contributed by atoms with van der Waals surface area (Å²) in [6, 6.07) is 2.96. The van der Waals surface area contributed by atoms with E-state index in [0.29, 0.717) is 6.07 Å². The van der Waals surface area contributed by atoms with Crippen molar-refractivity contribution < 1.29 is 27.1 Å². The van der Waals surface area contributed by atoms with Crippen LogP contribution in [-0.2, 0) is 6.54 Å². The Morgan fingerprint density at radius 3 is 2.30 bits per heavy atom. The van der Waals surface area contributed by atoms with Crippen LogP contribution in [0.1, 0.15) is 5.56 Å². The van der Waals surface area contributed by atoms with Gasteiger partial charge in [-0.15, -0.1) is 0 Å². The molecule has 0 amide bonds. The zero-order valence-corrected chi connectivity index (χ0v) is 9.85. The number of hydrogen-bond donors (Lipinski definition) is 2. The van der Waals surface area contributed by atoms with Crippen LogP contribution in [0.3, 0.4) is 0 Å². The number of halogens is 5. The van der Waals surface area contributed by atoms with Gasteiger partial charge in [0.15, 0.2) is 29.0 Å². The molecule has 2 aromatic rings. The van der Waals surface area contributed by atoms with Gasteiger partial charge in [0.25, 0.3) is 0 Å². The topological polar surface area (TPSA) is 32.3 Å². The summed E-state index contributed by atoms with van der Waals surface area (Å²) >= 11 is 0. The summed E-state index contributed by atoms with van der Waals surface area (Å²) in [4.78, 5) is 0. The van der Waals surface area contributed by atoms with Crippen LogP contribution in [0.25, 0.3) is 0 Å². The second-order valence-electron chi connectivity index (χ2n) is 3.97. The van der Waals surface area contributed by atoms with Gasteiger partial charge in [-0.3, -0.25) is 0 Å². The number of aromatic hydroxyl groups is 1. The van der Waals surface area contributed by atoms with E-state index in [1.807, 2.05) is 0 Å². The first kappa shape index (κ1) is 14.1. The lowest BCUT2D eigenvalue weighted by Crippen LogP contribution is -2.05. The number of nitrogens with one attached hydrogen (secondary N) is 1. The fourth-order valence-electron chi connectivity index (χ4n) is 1.59. The molecule has 0 aromatic heterocycles. The molecule has 0 heterocycles. The van der Waals surface area contributed by atoms with Crippen molar-refractivity contribution in [3.8, 4) is 5.75 Å². The maximum absolute atomic E-state index is 13.4. The van der Waals surface area contributed by atoms with Gasteiger partial charge in [0.1, 0.15) is 5.82 Å². The van der Waals surface area contributed by atoms with Crippen LogP contribution in [0.4, 0.5) is 27.6 Å². The smallest absolute Gasteiger partial charge is 0.194 e. The van der Waals surface area contributed by atoms with E-state index in [4.69, 9.17) is 0 Å². The average molecular weight is 289 g/mol. The highest BCUT2D eigenvalue weighted by molar-refractivity contribution is 5.56. The van der Waals surface area contributed by atoms with E-state index in [0.717, 1.165) is 18.2 Å². The van der Waals surface area contributed by atoms with Crippen LogP contribution < -0.4 is 5.32 Å². The third kappa shape index (κ3) is 2.66. The van der Waals surface area contributed by atoms with E-state index in [2.05, 4.69) is 5.32 Å². The molecule has 0 saturated heterocycles. The minimum atomic E-state index is -1.64. The number of phenolic OH excluding ortho intramolecular Hbond substituents is 1. The molecule has 0 spiro atoms. The van der Waals surface area contributed by atoms with Crippen molar-refractivity contribution in [1.29, 1.82) is 0 Å². The van der Waals surface area contributed by atoms with Gasteiger partial charge >= 0.3 is 0 Å². The molecule has 7 heteroatoms. The first-order valence-corrected chi connectivity index (χ1v) is 5.44. The molecule has 0 fully saturated rings. The fourth-order valence-corrected chi connectivity index (χ4v) is 1.59. The second kappa shape index (κ2) is 5.36. The Kier molecular flexibility index (Phi) is 3.78. The predicted molar refractivity (Wildman–Crippen MR) is 61.7 cm³/mol. The first-order valence-electron chi connectivity index (χ1n) is 5.44.